The molecule has 6 nitrogen and oxygen atoms in total. The summed E-state index contributed by atoms with van der Waals surface area (Å²) < 4.78 is 11.4. The Balaban J connectivity index is 1.30. The molecule has 0 aliphatic carbocycles. The van der Waals surface area contributed by atoms with Crippen molar-refractivity contribution in [3.05, 3.63) is 107 Å². The second kappa shape index (κ2) is 9.92. The first-order chi connectivity index (χ1) is 16.8. The quantitative estimate of drug-likeness (QED) is 0.296. The normalized spacial score (nSPS) is 11.6. The van der Waals surface area contributed by atoms with E-state index in [0.717, 1.165) is 45.2 Å². The third-order valence-electron chi connectivity index (χ3n) is 5.41. The number of ether oxygens (including phenoxy) is 2. The van der Waals surface area contributed by atoms with Gasteiger partial charge in [-0.1, -0.05) is 24.3 Å². The van der Waals surface area contributed by atoms with Gasteiger partial charge in [-0.15, -0.1) is 0 Å². The van der Waals surface area contributed by atoms with Crippen LogP contribution in [0.15, 0.2) is 79.1 Å². The Morgan fingerprint density at radius 1 is 0.912 bits per heavy atom. The number of fused-ring (bicyclic) bond motifs is 1. The zero-order valence-corrected chi connectivity index (χ0v) is 18.7. The zero-order valence-electron chi connectivity index (χ0n) is 18.7. The van der Waals surface area contributed by atoms with Gasteiger partial charge in [-0.05, 0) is 71.6 Å². The lowest BCUT2D eigenvalue weighted by molar-refractivity contribution is 0.298. The summed E-state index contributed by atoms with van der Waals surface area (Å²) in [6.07, 6.45) is 11.7. The van der Waals surface area contributed by atoms with E-state index in [1.54, 1.807) is 13.3 Å². The molecule has 3 heterocycles. The number of hydrogen-bond acceptors (Lipinski definition) is 4. The topological polar surface area (TPSA) is 75.8 Å². The van der Waals surface area contributed by atoms with E-state index in [1.807, 2.05) is 66.9 Å². The van der Waals surface area contributed by atoms with E-state index in [4.69, 9.17) is 9.47 Å². The highest BCUT2D eigenvalue weighted by atomic mass is 16.5. The number of nitrogens with zero attached hydrogens (tertiary/aromatic N) is 2. The third-order valence-corrected chi connectivity index (χ3v) is 5.41. The smallest absolute Gasteiger partial charge is 0.130 e. The van der Waals surface area contributed by atoms with Crippen molar-refractivity contribution in [1.82, 2.24) is 20.2 Å². The van der Waals surface area contributed by atoms with Crippen LogP contribution in [0.1, 0.15) is 28.2 Å². The summed E-state index contributed by atoms with van der Waals surface area (Å²) >= 11 is 0. The van der Waals surface area contributed by atoms with Crippen molar-refractivity contribution in [1.29, 1.82) is 0 Å². The second-order valence-electron chi connectivity index (χ2n) is 7.75. The van der Waals surface area contributed by atoms with Gasteiger partial charge >= 0.3 is 0 Å². The molecule has 0 fully saturated rings. The SMILES string of the molecule is COc1ccc(/C=C/c2cc(/C=C/c3ccc4cc[nH]c4c3)n[nH]2)c(OCc2ccccn2)c1. The van der Waals surface area contributed by atoms with Crippen molar-refractivity contribution in [3.8, 4) is 11.5 Å². The van der Waals surface area contributed by atoms with Crippen LogP contribution in [0.2, 0.25) is 0 Å². The summed E-state index contributed by atoms with van der Waals surface area (Å²) in [5.41, 5.74) is 5.78. The van der Waals surface area contributed by atoms with Crippen LogP contribution in [0, 0.1) is 0 Å². The Bertz CT molecular complexity index is 1450. The van der Waals surface area contributed by atoms with Crippen molar-refractivity contribution in [3.63, 3.8) is 0 Å². The van der Waals surface area contributed by atoms with Gasteiger partial charge < -0.3 is 14.5 Å². The molecule has 0 saturated carbocycles. The minimum absolute atomic E-state index is 0.377. The summed E-state index contributed by atoms with van der Waals surface area (Å²) in [5, 5.41) is 8.66. The van der Waals surface area contributed by atoms with E-state index < -0.39 is 0 Å². The lowest BCUT2D eigenvalue weighted by atomic mass is 10.1. The molecule has 34 heavy (non-hydrogen) atoms. The molecule has 5 rings (SSSR count). The molecule has 168 valence electrons. The van der Waals surface area contributed by atoms with Gasteiger partial charge in [0.25, 0.3) is 0 Å². The minimum atomic E-state index is 0.377. The van der Waals surface area contributed by atoms with E-state index >= 15 is 0 Å². The standard InChI is InChI=1S/C28H24N4O2/c1-33-26-12-9-22(28(18-26)34-19-25-4-2-3-14-29-25)8-11-24-17-23(31-32-24)10-6-20-5-7-21-13-15-30-27(21)16-20/h2-18,30H,19H2,1H3,(H,31,32)/b10-6+,11-8+. The molecular weight excluding hydrogens is 424 g/mol. The van der Waals surface area contributed by atoms with Gasteiger partial charge in [0.1, 0.15) is 18.1 Å². The Hall–Kier alpha value is -4.58. The lowest BCUT2D eigenvalue weighted by Crippen LogP contribution is -1.99. The first-order valence-corrected chi connectivity index (χ1v) is 11.0. The number of H-pyrrole nitrogens is 2. The second-order valence-corrected chi connectivity index (χ2v) is 7.75. The number of methoxy groups -OCH3 is 1. The fourth-order valence-electron chi connectivity index (χ4n) is 3.59. The van der Waals surface area contributed by atoms with Crippen LogP contribution in [0.25, 0.3) is 35.2 Å². The van der Waals surface area contributed by atoms with Crippen molar-refractivity contribution < 1.29 is 9.47 Å². The summed E-state index contributed by atoms with van der Waals surface area (Å²) in [5.74, 6) is 1.46. The maximum Gasteiger partial charge on any atom is 0.130 e. The summed E-state index contributed by atoms with van der Waals surface area (Å²) in [6.45, 7) is 0.377. The van der Waals surface area contributed by atoms with Crippen LogP contribution in [0.3, 0.4) is 0 Å². The van der Waals surface area contributed by atoms with Crippen LogP contribution < -0.4 is 9.47 Å². The number of pyridine rings is 1. The molecule has 0 aliphatic heterocycles. The van der Waals surface area contributed by atoms with Crippen LogP contribution in [-0.4, -0.2) is 27.3 Å². The molecule has 2 aromatic carbocycles. The lowest BCUT2D eigenvalue weighted by Gasteiger charge is -2.10. The maximum atomic E-state index is 6.04. The first-order valence-electron chi connectivity index (χ1n) is 11.0. The first kappa shape index (κ1) is 21.3. The van der Waals surface area contributed by atoms with Gasteiger partial charge in [0, 0.05) is 29.5 Å². The van der Waals surface area contributed by atoms with Gasteiger partial charge in [-0.25, -0.2) is 0 Å². The molecule has 0 amide bonds. The van der Waals surface area contributed by atoms with E-state index in [1.165, 1.54) is 5.39 Å². The van der Waals surface area contributed by atoms with Crippen LogP contribution in [-0.2, 0) is 6.61 Å². The number of rotatable bonds is 8. The monoisotopic (exact) mass is 448 g/mol. The van der Waals surface area contributed by atoms with E-state index in [9.17, 15) is 0 Å². The van der Waals surface area contributed by atoms with Gasteiger partial charge in [0.15, 0.2) is 0 Å². The average Bonchev–Trinajstić information content (AvgIpc) is 3.55. The highest BCUT2D eigenvalue weighted by Crippen LogP contribution is 2.27. The molecule has 3 aromatic heterocycles. The summed E-state index contributed by atoms with van der Waals surface area (Å²) in [4.78, 5) is 7.56. The van der Waals surface area contributed by atoms with Crippen LogP contribution >= 0.6 is 0 Å². The summed E-state index contributed by atoms with van der Waals surface area (Å²) in [7, 11) is 1.64. The molecule has 0 bridgehead atoms. The largest absolute Gasteiger partial charge is 0.497 e. The van der Waals surface area contributed by atoms with Crippen molar-refractivity contribution in [2.45, 2.75) is 6.61 Å². The van der Waals surface area contributed by atoms with Gasteiger partial charge in [0.2, 0.25) is 0 Å². The molecular formula is C28H24N4O2. The van der Waals surface area contributed by atoms with Crippen molar-refractivity contribution >= 4 is 35.2 Å². The van der Waals surface area contributed by atoms with Crippen molar-refractivity contribution in [2.24, 2.45) is 0 Å². The number of hydrogen-bond donors (Lipinski definition) is 2. The fraction of sp³-hybridized carbons (Fsp3) is 0.0714. The molecule has 2 N–H and O–H groups in total. The highest BCUT2D eigenvalue weighted by molar-refractivity contribution is 5.83. The fourth-order valence-corrected chi connectivity index (χ4v) is 3.59. The third kappa shape index (κ3) is 5.07. The Morgan fingerprint density at radius 2 is 1.88 bits per heavy atom. The minimum Gasteiger partial charge on any atom is -0.497 e. The number of aromatic nitrogens is 4. The molecule has 6 heteroatoms. The van der Waals surface area contributed by atoms with E-state index in [0.29, 0.717) is 6.61 Å². The van der Waals surface area contributed by atoms with Gasteiger partial charge in [-0.2, -0.15) is 5.10 Å². The molecule has 0 unspecified atom stereocenters. The highest BCUT2D eigenvalue weighted by Gasteiger charge is 2.05. The predicted molar refractivity (Wildman–Crippen MR) is 136 cm³/mol. The van der Waals surface area contributed by atoms with Crippen molar-refractivity contribution in [2.75, 3.05) is 7.11 Å². The van der Waals surface area contributed by atoms with Crippen LogP contribution in [0.5, 0.6) is 11.5 Å². The molecule has 0 saturated heterocycles. The molecule has 0 spiro atoms. The number of aromatic amines is 2. The Kier molecular flexibility index (Phi) is 6.21. The van der Waals surface area contributed by atoms with Gasteiger partial charge in [-0.3, -0.25) is 10.1 Å². The zero-order chi connectivity index (χ0) is 23.2. The molecule has 0 aliphatic rings. The molecule has 5 aromatic rings. The molecule has 0 atom stereocenters. The number of benzene rings is 2. The predicted octanol–water partition coefficient (Wildman–Crippen LogP) is 6.21. The Labute approximate surface area is 197 Å². The Morgan fingerprint density at radius 3 is 2.76 bits per heavy atom. The average molecular weight is 449 g/mol. The van der Waals surface area contributed by atoms with E-state index in [2.05, 4.69) is 50.5 Å². The molecule has 0 radical (unpaired) electrons. The van der Waals surface area contributed by atoms with Crippen LogP contribution in [0.4, 0.5) is 0 Å². The number of nitrogens with one attached hydrogen (secondary N) is 2. The van der Waals surface area contributed by atoms with Gasteiger partial charge in [0.05, 0.1) is 24.2 Å². The van der Waals surface area contributed by atoms with E-state index in [-0.39, 0.29) is 0 Å². The summed E-state index contributed by atoms with van der Waals surface area (Å²) in [6, 6.07) is 21.9. The maximum absolute atomic E-state index is 6.04.